The van der Waals surface area contributed by atoms with Gasteiger partial charge in [-0.05, 0) is 30.7 Å². The van der Waals surface area contributed by atoms with Crippen LogP contribution in [0, 0.1) is 17.0 Å². The molecule has 13 heteroatoms. The largest absolute Gasteiger partial charge is 0.379 e. The number of carbonyl (C=O) groups is 3. The Bertz CT molecular complexity index is 1320. The van der Waals surface area contributed by atoms with Crippen LogP contribution < -0.4 is 5.32 Å². The van der Waals surface area contributed by atoms with Crippen LogP contribution in [0.4, 0.5) is 11.4 Å². The van der Waals surface area contributed by atoms with Gasteiger partial charge in [-0.1, -0.05) is 12.1 Å². The van der Waals surface area contributed by atoms with Gasteiger partial charge in [0.25, 0.3) is 17.5 Å². The number of benzene rings is 2. The fraction of sp³-hybridized carbons (Fsp3) is 0.286. The van der Waals surface area contributed by atoms with E-state index in [4.69, 9.17) is 4.74 Å². The van der Waals surface area contributed by atoms with E-state index in [9.17, 15) is 32.9 Å². The lowest BCUT2D eigenvalue weighted by Crippen LogP contribution is -2.40. The topological polar surface area (TPSA) is 156 Å². The van der Waals surface area contributed by atoms with E-state index in [1.54, 1.807) is 6.92 Å². The lowest BCUT2D eigenvalue weighted by molar-refractivity contribution is -0.385. The number of nitro benzene ring substituents is 1. The van der Waals surface area contributed by atoms with Crippen molar-refractivity contribution in [1.82, 2.24) is 9.21 Å². The number of nitro groups is 1. The first-order valence-corrected chi connectivity index (χ1v) is 11.7. The van der Waals surface area contributed by atoms with Gasteiger partial charge in [0, 0.05) is 24.8 Å². The quantitative estimate of drug-likeness (QED) is 0.361. The minimum atomic E-state index is -3.82. The molecule has 1 fully saturated rings. The fourth-order valence-electron chi connectivity index (χ4n) is 3.84. The van der Waals surface area contributed by atoms with Crippen molar-refractivity contribution in [2.45, 2.75) is 11.8 Å². The highest BCUT2D eigenvalue weighted by Crippen LogP contribution is 2.31. The van der Waals surface area contributed by atoms with Gasteiger partial charge in [0.2, 0.25) is 15.9 Å². The third-order valence-electron chi connectivity index (χ3n) is 5.54. The highest BCUT2D eigenvalue weighted by molar-refractivity contribution is 7.89. The number of fused-ring (bicyclic) bond motifs is 1. The Hall–Kier alpha value is -3.68. The van der Waals surface area contributed by atoms with Gasteiger partial charge in [0.15, 0.2) is 0 Å². The summed E-state index contributed by atoms with van der Waals surface area (Å²) in [5, 5.41) is 13.7. The molecule has 0 aromatic heterocycles. The SMILES string of the molecule is Cc1ccc(NC(=O)CN2C(=O)c3cccc([N+](=O)[O-])c3C2=O)cc1S(=O)(=O)N1CCOCC1. The molecular weight excluding hydrogens is 468 g/mol. The molecule has 12 nitrogen and oxygen atoms in total. The number of imide groups is 1. The highest BCUT2D eigenvalue weighted by Gasteiger charge is 2.41. The van der Waals surface area contributed by atoms with Crippen LogP contribution in [0.15, 0.2) is 41.3 Å². The van der Waals surface area contributed by atoms with Gasteiger partial charge in [-0.25, -0.2) is 8.42 Å². The Morgan fingerprint density at radius 2 is 1.85 bits per heavy atom. The van der Waals surface area contributed by atoms with Crippen molar-refractivity contribution in [3.8, 4) is 0 Å². The average Bonchev–Trinajstić information content (AvgIpc) is 3.05. The number of sulfonamides is 1. The molecule has 34 heavy (non-hydrogen) atoms. The van der Waals surface area contributed by atoms with Crippen molar-refractivity contribution in [2.24, 2.45) is 0 Å². The highest BCUT2D eigenvalue weighted by atomic mass is 32.2. The molecular formula is C21H20N4O8S. The third-order valence-corrected chi connectivity index (χ3v) is 7.58. The first kappa shape index (κ1) is 23.5. The predicted octanol–water partition coefficient (Wildman–Crippen LogP) is 1.16. The summed E-state index contributed by atoms with van der Waals surface area (Å²) in [6.07, 6.45) is 0. The molecule has 1 N–H and O–H groups in total. The standard InChI is InChI=1S/C21H20N4O8S/c1-13-5-6-14(11-17(13)34(31,32)23-7-9-33-10-8-23)22-18(26)12-24-20(27)15-3-2-4-16(25(29)30)19(15)21(24)28/h2-6,11H,7-10,12H2,1H3,(H,22,26). The van der Waals surface area contributed by atoms with Crippen LogP contribution in [0.25, 0.3) is 0 Å². The van der Waals surface area contributed by atoms with Crippen LogP contribution in [-0.4, -0.2) is 73.1 Å². The van der Waals surface area contributed by atoms with Crippen molar-refractivity contribution in [3.63, 3.8) is 0 Å². The Morgan fingerprint density at radius 3 is 2.53 bits per heavy atom. The minimum Gasteiger partial charge on any atom is -0.379 e. The van der Waals surface area contributed by atoms with Gasteiger partial charge < -0.3 is 10.1 Å². The third kappa shape index (κ3) is 4.16. The average molecular weight is 488 g/mol. The van der Waals surface area contributed by atoms with Crippen molar-refractivity contribution in [1.29, 1.82) is 0 Å². The van der Waals surface area contributed by atoms with Crippen LogP contribution >= 0.6 is 0 Å². The molecule has 3 amide bonds. The van der Waals surface area contributed by atoms with Gasteiger partial charge in [0.05, 0.1) is 28.6 Å². The van der Waals surface area contributed by atoms with Gasteiger partial charge in [0.1, 0.15) is 12.1 Å². The normalized spacial score (nSPS) is 16.4. The molecule has 0 atom stereocenters. The van der Waals surface area contributed by atoms with E-state index in [1.165, 1.54) is 34.6 Å². The van der Waals surface area contributed by atoms with Crippen LogP contribution in [-0.2, 0) is 19.6 Å². The maximum Gasteiger partial charge on any atom is 0.282 e. The summed E-state index contributed by atoms with van der Waals surface area (Å²) < 4.78 is 32.6. The number of nitrogens with zero attached hydrogens (tertiary/aromatic N) is 3. The second-order valence-electron chi connectivity index (χ2n) is 7.70. The molecule has 0 bridgehead atoms. The predicted molar refractivity (Wildman–Crippen MR) is 118 cm³/mol. The summed E-state index contributed by atoms with van der Waals surface area (Å²) in [6.45, 7) is 1.93. The van der Waals surface area contributed by atoms with Crippen molar-refractivity contribution in [3.05, 3.63) is 63.2 Å². The molecule has 2 aliphatic rings. The van der Waals surface area contributed by atoms with Gasteiger partial charge in [-0.3, -0.25) is 29.4 Å². The number of aryl methyl sites for hydroxylation is 1. The van der Waals surface area contributed by atoms with Crippen LogP contribution in [0.3, 0.4) is 0 Å². The number of rotatable bonds is 6. The molecule has 0 spiro atoms. The number of hydrogen-bond acceptors (Lipinski definition) is 8. The second-order valence-corrected chi connectivity index (χ2v) is 9.60. The molecule has 0 aliphatic carbocycles. The zero-order valence-electron chi connectivity index (χ0n) is 18.0. The molecule has 1 saturated heterocycles. The molecule has 0 radical (unpaired) electrons. The van der Waals surface area contributed by atoms with E-state index in [0.29, 0.717) is 10.5 Å². The number of ether oxygens (including phenoxy) is 1. The maximum absolute atomic E-state index is 13.0. The summed E-state index contributed by atoms with van der Waals surface area (Å²) in [4.78, 5) is 48.9. The summed E-state index contributed by atoms with van der Waals surface area (Å²) in [6, 6.07) is 8.02. The number of carbonyl (C=O) groups excluding carboxylic acids is 3. The summed E-state index contributed by atoms with van der Waals surface area (Å²) in [7, 11) is -3.82. The lowest BCUT2D eigenvalue weighted by Gasteiger charge is -2.27. The molecule has 2 heterocycles. The number of nitrogens with one attached hydrogen (secondary N) is 1. The monoisotopic (exact) mass is 488 g/mol. The Labute approximate surface area is 194 Å². The summed E-state index contributed by atoms with van der Waals surface area (Å²) in [5.74, 6) is -2.53. The van der Waals surface area contributed by atoms with Crippen molar-refractivity contribution in [2.75, 3.05) is 38.2 Å². The first-order chi connectivity index (χ1) is 16.1. The number of hydrogen-bond donors (Lipinski definition) is 1. The fourth-order valence-corrected chi connectivity index (χ4v) is 5.50. The van der Waals surface area contributed by atoms with E-state index in [1.807, 2.05) is 0 Å². The first-order valence-electron chi connectivity index (χ1n) is 10.2. The van der Waals surface area contributed by atoms with Crippen LogP contribution in [0.5, 0.6) is 0 Å². The van der Waals surface area contributed by atoms with Gasteiger partial charge >= 0.3 is 0 Å². The van der Waals surface area contributed by atoms with Gasteiger partial charge in [-0.2, -0.15) is 4.31 Å². The Balaban J connectivity index is 1.52. The zero-order chi connectivity index (χ0) is 24.6. The zero-order valence-corrected chi connectivity index (χ0v) is 18.8. The molecule has 4 rings (SSSR count). The van der Waals surface area contributed by atoms with Crippen molar-refractivity contribution < 1.29 is 32.5 Å². The van der Waals surface area contributed by atoms with Crippen LogP contribution in [0.2, 0.25) is 0 Å². The van der Waals surface area contributed by atoms with E-state index in [2.05, 4.69) is 5.32 Å². The van der Waals surface area contributed by atoms with E-state index >= 15 is 0 Å². The second kappa shape index (κ2) is 8.93. The van der Waals surface area contributed by atoms with E-state index in [-0.39, 0.29) is 48.0 Å². The number of morpholine rings is 1. The maximum atomic E-state index is 13.0. The van der Waals surface area contributed by atoms with E-state index in [0.717, 1.165) is 6.07 Å². The molecule has 2 aliphatic heterocycles. The molecule has 2 aromatic carbocycles. The summed E-state index contributed by atoms with van der Waals surface area (Å²) in [5.41, 5.74) is -0.391. The van der Waals surface area contributed by atoms with Crippen molar-refractivity contribution >= 4 is 39.1 Å². The smallest absolute Gasteiger partial charge is 0.282 e. The Kier molecular flexibility index (Phi) is 6.17. The number of amides is 3. The lowest BCUT2D eigenvalue weighted by atomic mass is 10.1. The summed E-state index contributed by atoms with van der Waals surface area (Å²) >= 11 is 0. The molecule has 178 valence electrons. The number of anilines is 1. The molecule has 0 saturated carbocycles. The van der Waals surface area contributed by atoms with Gasteiger partial charge in [-0.15, -0.1) is 0 Å². The minimum absolute atomic E-state index is 0.0172. The molecule has 0 unspecified atom stereocenters. The van der Waals surface area contributed by atoms with Crippen LogP contribution in [0.1, 0.15) is 26.3 Å². The Morgan fingerprint density at radius 1 is 1.15 bits per heavy atom. The van der Waals surface area contributed by atoms with E-state index < -0.39 is 44.9 Å². The molecule has 2 aromatic rings.